The van der Waals surface area contributed by atoms with Gasteiger partial charge in [0.25, 0.3) is 10.1 Å². The van der Waals surface area contributed by atoms with Crippen molar-refractivity contribution < 1.29 is 53.8 Å². The Morgan fingerprint density at radius 2 is 1.69 bits per heavy atom. The van der Waals surface area contributed by atoms with E-state index in [9.17, 15) is 8.42 Å². The van der Waals surface area contributed by atoms with Gasteiger partial charge < -0.3 is 0 Å². The molecule has 1 N–H and O–H groups in total. The predicted octanol–water partition coefficient (Wildman–Crippen LogP) is 2.39. The zero-order valence-electron chi connectivity index (χ0n) is 8.64. The summed E-state index contributed by atoms with van der Waals surface area (Å²) in [6, 6.07) is 10.6. The van der Waals surface area contributed by atoms with Crippen LogP contribution >= 0.6 is 0 Å². The first kappa shape index (κ1) is 14.0. The third-order valence-electron chi connectivity index (χ3n) is 2.33. The van der Waals surface area contributed by atoms with Gasteiger partial charge in [0, 0.05) is 46.2 Å². The smallest absolute Gasteiger partial charge is 0.282 e. The molecule has 16 heavy (non-hydrogen) atoms. The summed E-state index contributed by atoms with van der Waals surface area (Å²) in [5, 5.41) is 1.36. The van der Waals surface area contributed by atoms with Gasteiger partial charge in [-0.3, -0.25) is 4.55 Å². The maximum atomic E-state index is 11.2. The van der Waals surface area contributed by atoms with Crippen molar-refractivity contribution in [2.75, 3.05) is 0 Å². The van der Waals surface area contributed by atoms with Crippen molar-refractivity contribution in [2.24, 2.45) is 0 Å². The largest absolute Gasteiger partial charge is 0.295 e. The SMILES string of the molecule is Cc1ccc2ccccc2c1S(=O)(=O)O.[Nd]. The normalized spacial score (nSPS) is 11.1. The average molecular weight is 367 g/mol. The van der Waals surface area contributed by atoms with Gasteiger partial charge >= 0.3 is 0 Å². The van der Waals surface area contributed by atoms with Gasteiger partial charge in [-0.25, -0.2) is 0 Å². The van der Waals surface area contributed by atoms with Gasteiger partial charge in [-0.1, -0.05) is 36.4 Å². The van der Waals surface area contributed by atoms with Gasteiger partial charge in [0.15, 0.2) is 0 Å². The maximum absolute atomic E-state index is 11.2. The molecule has 0 saturated carbocycles. The van der Waals surface area contributed by atoms with Crippen LogP contribution in [0.3, 0.4) is 0 Å². The second-order valence-electron chi connectivity index (χ2n) is 3.41. The Kier molecular flexibility index (Phi) is 4.45. The van der Waals surface area contributed by atoms with E-state index in [1.54, 1.807) is 25.1 Å². The molecule has 0 saturated heterocycles. The van der Waals surface area contributed by atoms with Gasteiger partial charge in [0.1, 0.15) is 4.90 Å². The second-order valence-corrected chi connectivity index (χ2v) is 4.77. The van der Waals surface area contributed by atoms with Crippen LogP contribution in [0.5, 0.6) is 0 Å². The monoisotopic (exact) mass is 364 g/mol. The third-order valence-corrected chi connectivity index (χ3v) is 3.39. The molecule has 0 aliphatic rings. The molecular formula is C11H10NdO3S. The van der Waals surface area contributed by atoms with E-state index in [-0.39, 0.29) is 45.7 Å². The van der Waals surface area contributed by atoms with Crippen LogP contribution in [0.25, 0.3) is 10.8 Å². The van der Waals surface area contributed by atoms with Crippen LogP contribution in [0.4, 0.5) is 0 Å². The van der Waals surface area contributed by atoms with E-state index in [1.807, 2.05) is 18.2 Å². The van der Waals surface area contributed by atoms with Crippen molar-refractivity contribution >= 4 is 20.9 Å². The maximum Gasteiger partial charge on any atom is 0.295 e. The van der Waals surface area contributed by atoms with E-state index in [0.29, 0.717) is 10.9 Å². The molecule has 0 spiro atoms. The van der Waals surface area contributed by atoms with Crippen LogP contribution in [0.15, 0.2) is 41.3 Å². The topological polar surface area (TPSA) is 54.4 Å². The molecule has 0 bridgehead atoms. The number of fused-ring (bicyclic) bond motifs is 1. The minimum atomic E-state index is -4.16. The van der Waals surface area contributed by atoms with Crippen molar-refractivity contribution in [3.63, 3.8) is 0 Å². The van der Waals surface area contributed by atoms with Gasteiger partial charge in [0.2, 0.25) is 0 Å². The molecule has 0 radical (unpaired) electrons. The molecule has 2 aromatic rings. The summed E-state index contributed by atoms with van der Waals surface area (Å²) in [6.07, 6.45) is 0. The van der Waals surface area contributed by atoms with E-state index >= 15 is 0 Å². The molecule has 0 amide bonds. The van der Waals surface area contributed by atoms with E-state index in [0.717, 1.165) is 5.39 Å². The Morgan fingerprint density at radius 1 is 1.06 bits per heavy atom. The Morgan fingerprint density at radius 3 is 2.31 bits per heavy atom. The zero-order chi connectivity index (χ0) is 11.1. The van der Waals surface area contributed by atoms with Crippen molar-refractivity contribution in [1.29, 1.82) is 0 Å². The van der Waals surface area contributed by atoms with Gasteiger partial charge in [-0.15, -0.1) is 0 Å². The summed E-state index contributed by atoms with van der Waals surface area (Å²) < 4.78 is 31.6. The summed E-state index contributed by atoms with van der Waals surface area (Å²) in [5.41, 5.74) is 0.552. The fraction of sp³-hybridized carbons (Fsp3) is 0.0909. The summed E-state index contributed by atoms with van der Waals surface area (Å²) in [7, 11) is -4.16. The molecule has 82 valence electrons. The molecule has 0 unspecified atom stereocenters. The number of benzene rings is 2. The zero-order valence-corrected chi connectivity index (χ0v) is 12.7. The Bertz CT molecular complexity index is 620. The number of hydrogen-bond donors (Lipinski definition) is 1. The molecule has 2 rings (SSSR count). The van der Waals surface area contributed by atoms with Gasteiger partial charge in [-0.05, 0) is 17.9 Å². The van der Waals surface area contributed by atoms with Crippen LogP contribution < -0.4 is 0 Å². The van der Waals surface area contributed by atoms with Crippen molar-refractivity contribution in [2.45, 2.75) is 11.8 Å². The molecule has 0 aliphatic carbocycles. The molecular weight excluding hydrogens is 356 g/mol. The Hall–Kier alpha value is -0.0394. The Balaban J connectivity index is 0.00000128. The summed E-state index contributed by atoms with van der Waals surface area (Å²) in [5.74, 6) is 0. The van der Waals surface area contributed by atoms with Crippen LogP contribution in [-0.2, 0) is 10.1 Å². The predicted molar refractivity (Wildman–Crippen MR) is 58.5 cm³/mol. The van der Waals surface area contributed by atoms with Gasteiger partial charge in [-0.2, -0.15) is 8.42 Å². The van der Waals surface area contributed by atoms with Crippen LogP contribution in [0.1, 0.15) is 5.56 Å². The molecule has 0 atom stereocenters. The summed E-state index contributed by atoms with van der Waals surface area (Å²) in [6.45, 7) is 1.66. The molecule has 5 heteroatoms. The van der Waals surface area contributed by atoms with Crippen molar-refractivity contribution in [3.05, 3.63) is 42.0 Å². The van der Waals surface area contributed by atoms with Gasteiger partial charge in [0.05, 0.1) is 0 Å². The second kappa shape index (κ2) is 5.08. The third kappa shape index (κ3) is 2.61. The fourth-order valence-corrected chi connectivity index (χ4v) is 2.63. The average Bonchev–Trinajstić information content (AvgIpc) is 2.15. The molecule has 0 fully saturated rings. The van der Waals surface area contributed by atoms with Crippen molar-refractivity contribution in [3.8, 4) is 0 Å². The van der Waals surface area contributed by atoms with Crippen LogP contribution in [0, 0.1) is 47.8 Å². The molecule has 3 nitrogen and oxygen atoms in total. The van der Waals surface area contributed by atoms with Crippen LogP contribution in [-0.4, -0.2) is 13.0 Å². The first-order valence-electron chi connectivity index (χ1n) is 4.46. The minimum Gasteiger partial charge on any atom is -0.282 e. The molecule has 0 aromatic heterocycles. The number of rotatable bonds is 1. The first-order chi connectivity index (χ1) is 7.00. The number of hydrogen-bond acceptors (Lipinski definition) is 2. The minimum absolute atomic E-state index is 0. The summed E-state index contributed by atoms with van der Waals surface area (Å²) >= 11 is 0. The van der Waals surface area contributed by atoms with E-state index in [4.69, 9.17) is 4.55 Å². The Labute approximate surface area is 127 Å². The molecule has 0 heterocycles. The van der Waals surface area contributed by atoms with E-state index < -0.39 is 10.1 Å². The van der Waals surface area contributed by atoms with Crippen molar-refractivity contribution in [1.82, 2.24) is 0 Å². The number of aryl methyl sites for hydroxylation is 1. The van der Waals surface area contributed by atoms with Crippen LogP contribution in [0.2, 0.25) is 0 Å². The fourth-order valence-electron chi connectivity index (χ4n) is 1.69. The molecule has 2 aromatic carbocycles. The van der Waals surface area contributed by atoms with E-state index in [2.05, 4.69) is 0 Å². The standard InChI is InChI=1S/C11H10O3S.Nd/c1-8-6-7-9-4-2-3-5-10(9)11(8)15(12,13)14;/h2-7H,1H3,(H,12,13,14);. The quantitative estimate of drug-likeness (QED) is 0.789. The molecule has 0 aliphatic heterocycles. The van der Waals surface area contributed by atoms with E-state index in [1.165, 1.54) is 0 Å². The first-order valence-corrected chi connectivity index (χ1v) is 5.90. The summed E-state index contributed by atoms with van der Waals surface area (Å²) in [4.78, 5) is 0.000556.